The van der Waals surface area contributed by atoms with E-state index in [-0.39, 0.29) is 17.2 Å². The third-order valence-electron chi connectivity index (χ3n) is 4.76. The summed E-state index contributed by atoms with van der Waals surface area (Å²) in [6.45, 7) is 2.53. The molecule has 0 radical (unpaired) electrons. The quantitative estimate of drug-likeness (QED) is 0.151. The number of nitrogens with zero attached hydrogens (tertiary/aromatic N) is 3. The van der Waals surface area contributed by atoms with Gasteiger partial charge in [-0.3, -0.25) is 14.2 Å². The number of para-hydroxylation sites is 1. The highest BCUT2D eigenvalue weighted by Crippen LogP contribution is 2.22. The molecule has 3 aromatic carbocycles. The second-order valence-corrected chi connectivity index (χ2v) is 8.97. The molecule has 1 heterocycles. The zero-order valence-electron chi connectivity index (χ0n) is 18.3. The monoisotopic (exact) mass is 536 g/mol. The first-order valence-corrected chi connectivity index (χ1v) is 12.3. The van der Waals surface area contributed by atoms with Gasteiger partial charge in [0.2, 0.25) is 0 Å². The number of carbonyl (C=O) groups is 1. The zero-order valence-corrected chi connectivity index (χ0v) is 20.7. The molecule has 1 aromatic heterocycles. The van der Waals surface area contributed by atoms with Crippen molar-refractivity contribution in [2.45, 2.75) is 12.1 Å². The van der Waals surface area contributed by atoms with Crippen molar-refractivity contribution in [2.75, 3.05) is 12.4 Å². The van der Waals surface area contributed by atoms with Crippen LogP contribution in [0.1, 0.15) is 12.5 Å². The minimum absolute atomic E-state index is 0.0436. The van der Waals surface area contributed by atoms with Gasteiger partial charge in [-0.05, 0) is 73.2 Å². The molecule has 0 fully saturated rings. The molecule has 9 heteroatoms. The highest BCUT2D eigenvalue weighted by molar-refractivity contribution is 9.10. The number of amides is 1. The van der Waals surface area contributed by atoms with Crippen LogP contribution in [0.2, 0.25) is 0 Å². The lowest BCUT2D eigenvalue weighted by Gasteiger charge is -2.13. The minimum Gasteiger partial charge on any atom is -0.494 e. The first-order valence-electron chi connectivity index (χ1n) is 10.5. The predicted molar refractivity (Wildman–Crippen MR) is 139 cm³/mol. The molecule has 0 spiro atoms. The van der Waals surface area contributed by atoms with Gasteiger partial charge in [0, 0.05) is 4.47 Å². The third kappa shape index (κ3) is 5.73. The second-order valence-electron chi connectivity index (χ2n) is 7.11. The smallest absolute Gasteiger partial charge is 0.266 e. The topological polar surface area (TPSA) is 85.6 Å². The lowest BCUT2D eigenvalue weighted by molar-refractivity contribution is -0.118. The molecule has 0 aliphatic rings. The molecule has 0 saturated carbocycles. The maximum Gasteiger partial charge on any atom is 0.266 e. The van der Waals surface area contributed by atoms with Gasteiger partial charge in [0.05, 0.1) is 35.2 Å². The van der Waals surface area contributed by atoms with E-state index in [1.165, 1.54) is 16.3 Å². The number of nitrogens with one attached hydrogen (secondary N) is 1. The van der Waals surface area contributed by atoms with Gasteiger partial charge in [0.25, 0.3) is 11.5 Å². The summed E-state index contributed by atoms with van der Waals surface area (Å²) in [6.07, 6.45) is 1.56. The van der Waals surface area contributed by atoms with Crippen LogP contribution in [0.15, 0.2) is 92.3 Å². The number of hydrogen-bond donors (Lipinski definition) is 1. The van der Waals surface area contributed by atoms with Crippen LogP contribution in [0.25, 0.3) is 16.6 Å². The van der Waals surface area contributed by atoms with Crippen LogP contribution in [0.3, 0.4) is 0 Å². The van der Waals surface area contributed by atoms with Gasteiger partial charge in [0.15, 0.2) is 5.16 Å². The Labute approximate surface area is 209 Å². The molecule has 0 aliphatic carbocycles. The first-order chi connectivity index (χ1) is 16.5. The number of fused-ring (bicyclic) bond motifs is 1. The standard InChI is InChI=1S/C25H21BrN4O3S/c1-2-33-20-13-7-17(8-14-20)15-27-29-23(31)16-34-25-28-22-6-4-3-5-21(22)24(32)30(25)19-11-9-18(26)10-12-19/h3-15H,2,16H2,1H3,(H,29,31)/b27-15+. The summed E-state index contributed by atoms with van der Waals surface area (Å²) in [4.78, 5) is 30.3. The van der Waals surface area contributed by atoms with Gasteiger partial charge in [0.1, 0.15) is 5.75 Å². The first kappa shape index (κ1) is 23.7. The molecule has 0 unspecified atom stereocenters. The van der Waals surface area contributed by atoms with Gasteiger partial charge in [-0.15, -0.1) is 0 Å². The van der Waals surface area contributed by atoms with Crippen molar-refractivity contribution in [3.63, 3.8) is 0 Å². The van der Waals surface area contributed by atoms with Crippen molar-refractivity contribution in [1.29, 1.82) is 0 Å². The van der Waals surface area contributed by atoms with E-state index in [1.54, 1.807) is 24.4 Å². The molecule has 0 saturated heterocycles. The summed E-state index contributed by atoms with van der Waals surface area (Å²) in [7, 11) is 0. The summed E-state index contributed by atoms with van der Waals surface area (Å²) >= 11 is 4.59. The maximum atomic E-state index is 13.2. The van der Waals surface area contributed by atoms with Crippen molar-refractivity contribution in [1.82, 2.24) is 15.0 Å². The van der Waals surface area contributed by atoms with Gasteiger partial charge < -0.3 is 4.74 Å². The number of rotatable bonds is 8. The SMILES string of the molecule is CCOc1ccc(/C=N/NC(=O)CSc2nc3ccccc3c(=O)n2-c2ccc(Br)cc2)cc1. The second kappa shape index (κ2) is 11.1. The maximum absolute atomic E-state index is 13.2. The lowest BCUT2D eigenvalue weighted by Crippen LogP contribution is -2.24. The van der Waals surface area contributed by atoms with Crippen LogP contribution < -0.4 is 15.7 Å². The van der Waals surface area contributed by atoms with E-state index in [9.17, 15) is 9.59 Å². The van der Waals surface area contributed by atoms with Gasteiger partial charge in [-0.25, -0.2) is 10.4 Å². The van der Waals surface area contributed by atoms with Gasteiger partial charge >= 0.3 is 0 Å². The molecule has 4 aromatic rings. The van der Waals surface area contributed by atoms with Crippen molar-refractivity contribution < 1.29 is 9.53 Å². The number of halogens is 1. The van der Waals surface area contributed by atoms with Crippen LogP contribution in [-0.4, -0.2) is 34.0 Å². The third-order valence-corrected chi connectivity index (χ3v) is 6.22. The molecule has 172 valence electrons. The van der Waals surface area contributed by atoms with Crippen molar-refractivity contribution >= 4 is 50.7 Å². The van der Waals surface area contributed by atoms with Crippen molar-refractivity contribution in [2.24, 2.45) is 5.10 Å². The summed E-state index contributed by atoms with van der Waals surface area (Å²) in [5.41, 5.74) is 4.41. The number of hydrogen-bond acceptors (Lipinski definition) is 6. The Kier molecular flexibility index (Phi) is 7.76. The molecule has 4 rings (SSSR count). The molecule has 1 N–H and O–H groups in total. The number of aromatic nitrogens is 2. The Morgan fingerprint density at radius 2 is 1.85 bits per heavy atom. The zero-order chi connectivity index (χ0) is 23.9. The summed E-state index contributed by atoms with van der Waals surface area (Å²) < 4.78 is 7.83. The number of hydrazone groups is 1. The number of thioether (sulfide) groups is 1. The highest BCUT2D eigenvalue weighted by Gasteiger charge is 2.14. The van der Waals surface area contributed by atoms with Crippen LogP contribution >= 0.6 is 27.7 Å². The molecule has 0 atom stereocenters. The number of carbonyl (C=O) groups excluding carboxylic acids is 1. The van der Waals surface area contributed by atoms with Crippen LogP contribution in [0.4, 0.5) is 0 Å². The van der Waals surface area contributed by atoms with E-state index < -0.39 is 0 Å². The Morgan fingerprint density at radius 1 is 1.12 bits per heavy atom. The fourth-order valence-corrected chi connectivity index (χ4v) is 4.25. The average molecular weight is 537 g/mol. The molecular formula is C25H21BrN4O3S. The van der Waals surface area contributed by atoms with E-state index in [0.29, 0.717) is 28.4 Å². The molecule has 7 nitrogen and oxygen atoms in total. The fraction of sp³-hybridized carbons (Fsp3) is 0.120. The molecular weight excluding hydrogens is 516 g/mol. The van der Waals surface area contributed by atoms with E-state index in [4.69, 9.17) is 4.74 Å². The van der Waals surface area contributed by atoms with Crippen molar-refractivity contribution in [3.05, 3.63) is 93.2 Å². The molecule has 1 amide bonds. The van der Waals surface area contributed by atoms with Gasteiger partial charge in [-0.2, -0.15) is 5.10 Å². The number of benzene rings is 3. The number of ether oxygens (including phenoxy) is 1. The molecule has 0 bridgehead atoms. The van der Waals surface area contributed by atoms with Gasteiger partial charge in [-0.1, -0.05) is 39.8 Å². The highest BCUT2D eigenvalue weighted by atomic mass is 79.9. The summed E-state index contributed by atoms with van der Waals surface area (Å²) in [5, 5.41) is 4.96. The Balaban J connectivity index is 1.50. The Bertz CT molecular complexity index is 1390. The van der Waals surface area contributed by atoms with E-state index in [2.05, 4.69) is 31.4 Å². The minimum atomic E-state index is -0.308. The van der Waals surface area contributed by atoms with E-state index in [0.717, 1.165) is 15.8 Å². The predicted octanol–water partition coefficient (Wildman–Crippen LogP) is 4.79. The fourth-order valence-electron chi connectivity index (χ4n) is 3.18. The van der Waals surface area contributed by atoms with Crippen molar-refractivity contribution in [3.8, 4) is 11.4 Å². The normalized spacial score (nSPS) is 11.1. The van der Waals surface area contributed by atoms with E-state index >= 15 is 0 Å². The summed E-state index contributed by atoms with van der Waals surface area (Å²) in [5.74, 6) is 0.513. The molecule has 34 heavy (non-hydrogen) atoms. The van der Waals surface area contributed by atoms with Crippen LogP contribution in [0, 0.1) is 0 Å². The largest absolute Gasteiger partial charge is 0.494 e. The Hall–Kier alpha value is -3.43. The summed E-state index contributed by atoms with van der Waals surface area (Å²) in [6, 6.07) is 21.9. The van der Waals surface area contributed by atoms with Crippen LogP contribution in [0.5, 0.6) is 5.75 Å². The average Bonchev–Trinajstić information content (AvgIpc) is 2.85. The van der Waals surface area contributed by atoms with E-state index in [1.807, 2.05) is 61.5 Å². The Morgan fingerprint density at radius 3 is 2.59 bits per heavy atom. The lowest BCUT2D eigenvalue weighted by atomic mass is 10.2. The van der Waals surface area contributed by atoms with Crippen LogP contribution in [-0.2, 0) is 4.79 Å². The molecule has 0 aliphatic heterocycles.